The van der Waals surface area contributed by atoms with Gasteiger partial charge in [-0.2, -0.15) is 0 Å². The first-order chi connectivity index (χ1) is 12.7. The summed E-state index contributed by atoms with van der Waals surface area (Å²) >= 11 is 0. The Kier molecular flexibility index (Phi) is 6.26. The molecule has 0 amide bonds. The summed E-state index contributed by atoms with van der Waals surface area (Å²) in [6, 6.07) is 14.2. The van der Waals surface area contributed by atoms with Crippen LogP contribution in [0.2, 0.25) is 0 Å². The van der Waals surface area contributed by atoms with Crippen LogP contribution in [0.1, 0.15) is 17.9 Å². The van der Waals surface area contributed by atoms with Crippen LogP contribution in [-0.2, 0) is 13.1 Å². The van der Waals surface area contributed by atoms with Gasteiger partial charge in [-0.1, -0.05) is 18.2 Å². The minimum absolute atomic E-state index is 0.780. The fourth-order valence-corrected chi connectivity index (χ4v) is 3.09. The molecule has 1 aromatic carbocycles. The number of ether oxygens (including phenoxy) is 1. The Balaban J connectivity index is 1.77. The van der Waals surface area contributed by atoms with Crippen molar-refractivity contribution in [3.63, 3.8) is 0 Å². The minimum Gasteiger partial charge on any atom is -0.494 e. The first-order valence-electron chi connectivity index (χ1n) is 8.98. The summed E-state index contributed by atoms with van der Waals surface area (Å²) in [7, 11) is 5.90. The monoisotopic (exact) mass is 353 g/mol. The van der Waals surface area contributed by atoms with Gasteiger partial charge in [-0.3, -0.25) is 4.90 Å². The van der Waals surface area contributed by atoms with E-state index < -0.39 is 0 Å². The third-order valence-corrected chi connectivity index (χ3v) is 4.39. The lowest BCUT2D eigenvalue weighted by Crippen LogP contribution is -2.27. The Morgan fingerprint density at radius 2 is 1.88 bits per heavy atom. The maximum absolute atomic E-state index is 5.54. The normalized spacial score (nSPS) is 11.6. The van der Waals surface area contributed by atoms with E-state index in [9.17, 15) is 0 Å². The molecule has 5 nitrogen and oxygen atoms in total. The van der Waals surface area contributed by atoms with Crippen molar-refractivity contribution in [3.05, 3.63) is 60.2 Å². The molecule has 0 aliphatic rings. The summed E-state index contributed by atoms with van der Waals surface area (Å²) < 4.78 is 11.0. The van der Waals surface area contributed by atoms with Crippen molar-refractivity contribution < 1.29 is 9.15 Å². The first-order valence-corrected chi connectivity index (χ1v) is 8.98. The molecule has 3 rings (SSSR count). The highest BCUT2D eigenvalue weighted by Crippen LogP contribution is 2.24. The second-order valence-corrected chi connectivity index (χ2v) is 6.78. The highest BCUT2D eigenvalue weighted by Gasteiger charge is 2.11. The van der Waals surface area contributed by atoms with E-state index in [1.165, 1.54) is 0 Å². The molecule has 0 unspecified atom stereocenters. The van der Waals surface area contributed by atoms with Gasteiger partial charge in [0.05, 0.1) is 25.6 Å². The van der Waals surface area contributed by atoms with Crippen LogP contribution in [0, 0.1) is 0 Å². The van der Waals surface area contributed by atoms with Crippen molar-refractivity contribution in [2.45, 2.75) is 19.5 Å². The van der Waals surface area contributed by atoms with Crippen LogP contribution in [0.4, 0.5) is 0 Å². The SMILES string of the molecule is COc1cccc2ccc(CN(CCCN(C)C)Cc3ccco3)nc12. The van der Waals surface area contributed by atoms with Crippen LogP contribution in [-0.4, -0.2) is 49.1 Å². The standard InChI is InChI=1S/C21H27N3O2/c1-23(2)12-6-13-24(16-19-8-5-14-26-19)15-18-11-10-17-7-4-9-20(25-3)21(17)22-18/h4-5,7-11,14H,6,12-13,15-16H2,1-3H3. The Labute approximate surface area is 155 Å². The van der Waals surface area contributed by atoms with Crippen molar-refractivity contribution in [1.29, 1.82) is 0 Å². The van der Waals surface area contributed by atoms with E-state index in [1.807, 2.05) is 24.3 Å². The highest BCUT2D eigenvalue weighted by molar-refractivity contribution is 5.84. The van der Waals surface area contributed by atoms with Crippen LogP contribution in [0.5, 0.6) is 5.75 Å². The van der Waals surface area contributed by atoms with Gasteiger partial charge in [-0.15, -0.1) is 0 Å². The fourth-order valence-electron chi connectivity index (χ4n) is 3.09. The summed E-state index contributed by atoms with van der Waals surface area (Å²) in [5.41, 5.74) is 1.96. The van der Waals surface area contributed by atoms with Crippen molar-refractivity contribution in [3.8, 4) is 5.75 Å². The molecular weight excluding hydrogens is 326 g/mol. The number of hydrogen-bond donors (Lipinski definition) is 0. The average molecular weight is 353 g/mol. The quantitative estimate of drug-likeness (QED) is 0.585. The Hall–Kier alpha value is -2.37. The van der Waals surface area contributed by atoms with Crippen LogP contribution in [0.3, 0.4) is 0 Å². The molecule has 0 aliphatic heterocycles. The molecular formula is C21H27N3O2. The summed E-state index contributed by atoms with van der Waals surface area (Å²) in [6.45, 7) is 3.62. The Morgan fingerprint density at radius 3 is 2.62 bits per heavy atom. The van der Waals surface area contributed by atoms with Crippen LogP contribution >= 0.6 is 0 Å². The van der Waals surface area contributed by atoms with Gasteiger partial charge in [0.15, 0.2) is 0 Å². The topological polar surface area (TPSA) is 41.7 Å². The largest absolute Gasteiger partial charge is 0.494 e. The van der Waals surface area contributed by atoms with Gasteiger partial charge >= 0.3 is 0 Å². The second kappa shape index (κ2) is 8.83. The van der Waals surface area contributed by atoms with Gasteiger partial charge in [-0.05, 0) is 51.3 Å². The first kappa shape index (κ1) is 18.4. The van der Waals surface area contributed by atoms with Crippen molar-refractivity contribution in [2.24, 2.45) is 0 Å². The third-order valence-electron chi connectivity index (χ3n) is 4.39. The molecule has 138 valence electrons. The van der Waals surface area contributed by atoms with Crippen molar-refractivity contribution in [2.75, 3.05) is 34.3 Å². The van der Waals surface area contributed by atoms with E-state index in [1.54, 1.807) is 13.4 Å². The molecule has 5 heteroatoms. The van der Waals surface area contributed by atoms with E-state index in [4.69, 9.17) is 14.1 Å². The summed E-state index contributed by atoms with van der Waals surface area (Å²) in [4.78, 5) is 9.44. The molecule has 0 fully saturated rings. The predicted molar refractivity (Wildman–Crippen MR) is 104 cm³/mol. The lowest BCUT2D eigenvalue weighted by atomic mass is 10.2. The lowest BCUT2D eigenvalue weighted by molar-refractivity contribution is 0.220. The van der Waals surface area contributed by atoms with Crippen LogP contribution in [0.25, 0.3) is 10.9 Å². The van der Waals surface area contributed by atoms with E-state index in [0.29, 0.717) is 0 Å². The van der Waals surface area contributed by atoms with Gasteiger partial charge in [0.2, 0.25) is 0 Å². The molecule has 0 saturated carbocycles. The number of methoxy groups -OCH3 is 1. The van der Waals surface area contributed by atoms with Gasteiger partial charge in [-0.25, -0.2) is 4.98 Å². The Morgan fingerprint density at radius 1 is 1.00 bits per heavy atom. The molecule has 0 spiro atoms. The summed E-state index contributed by atoms with van der Waals surface area (Å²) in [5.74, 6) is 1.79. The zero-order chi connectivity index (χ0) is 18.4. The summed E-state index contributed by atoms with van der Waals surface area (Å²) in [6.07, 6.45) is 2.83. The summed E-state index contributed by atoms with van der Waals surface area (Å²) in [5, 5.41) is 1.10. The molecule has 0 aliphatic carbocycles. The number of hydrogen-bond acceptors (Lipinski definition) is 5. The number of rotatable bonds is 9. The number of para-hydroxylation sites is 1. The van der Waals surface area contributed by atoms with Gasteiger partial charge in [0.1, 0.15) is 17.0 Å². The number of fused-ring (bicyclic) bond motifs is 1. The average Bonchev–Trinajstić information content (AvgIpc) is 3.13. The number of pyridine rings is 1. The molecule has 0 saturated heterocycles. The number of nitrogens with zero attached hydrogens (tertiary/aromatic N) is 3. The predicted octanol–water partition coefficient (Wildman–Crippen LogP) is 3.79. The lowest BCUT2D eigenvalue weighted by Gasteiger charge is -2.22. The smallest absolute Gasteiger partial charge is 0.145 e. The number of aromatic nitrogens is 1. The maximum atomic E-state index is 5.54. The van der Waals surface area contributed by atoms with Crippen molar-refractivity contribution >= 4 is 10.9 Å². The fraction of sp³-hybridized carbons (Fsp3) is 0.381. The van der Waals surface area contributed by atoms with E-state index in [-0.39, 0.29) is 0 Å². The third kappa shape index (κ3) is 4.84. The van der Waals surface area contributed by atoms with Crippen molar-refractivity contribution in [1.82, 2.24) is 14.8 Å². The molecule has 0 atom stereocenters. The minimum atomic E-state index is 0.780. The molecule has 2 aromatic heterocycles. The maximum Gasteiger partial charge on any atom is 0.145 e. The molecule has 2 heterocycles. The van der Waals surface area contributed by atoms with E-state index in [0.717, 1.165) is 60.7 Å². The molecule has 3 aromatic rings. The van der Waals surface area contributed by atoms with Crippen LogP contribution < -0.4 is 4.74 Å². The van der Waals surface area contributed by atoms with Crippen LogP contribution in [0.15, 0.2) is 53.1 Å². The molecule has 26 heavy (non-hydrogen) atoms. The zero-order valence-corrected chi connectivity index (χ0v) is 15.8. The number of benzene rings is 1. The van der Waals surface area contributed by atoms with Gasteiger partial charge in [0.25, 0.3) is 0 Å². The van der Waals surface area contributed by atoms with E-state index >= 15 is 0 Å². The molecule has 0 bridgehead atoms. The van der Waals surface area contributed by atoms with E-state index in [2.05, 4.69) is 42.1 Å². The van der Waals surface area contributed by atoms with Gasteiger partial charge < -0.3 is 14.1 Å². The zero-order valence-electron chi connectivity index (χ0n) is 15.8. The number of furan rings is 1. The Bertz CT molecular complexity index is 815. The van der Waals surface area contributed by atoms with Gasteiger partial charge in [0, 0.05) is 18.5 Å². The molecule has 0 radical (unpaired) electrons. The highest BCUT2D eigenvalue weighted by atomic mass is 16.5. The second-order valence-electron chi connectivity index (χ2n) is 6.78. The molecule has 0 N–H and O–H groups in total.